The molecule has 1 fully saturated rings. The molecule has 140 valence electrons. The largest absolute Gasteiger partial charge is 0.204 e. The number of rotatable bonds is 6. The lowest BCUT2D eigenvalue weighted by Gasteiger charge is -2.32. The summed E-state index contributed by atoms with van der Waals surface area (Å²) in [5, 5.41) is 0. The van der Waals surface area contributed by atoms with E-state index in [0.717, 1.165) is 23.0 Å². The topological polar surface area (TPSA) is 0 Å². The summed E-state index contributed by atoms with van der Waals surface area (Å²) in [4.78, 5) is 0. The number of halogens is 2. The minimum atomic E-state index is -0.796. The van der Waals surface area contributed by atoms with Crippen molar-refractivity contribution < 1.29 is 8.78 Å². The summed E-state index contributed by atoms with van der Waals surface area (Å²) in [6, 6.07) is 12.5. The first kappa shape index (κ1) is 19.1. The number of hydrogen-bond donors (Lipinski definition) is 0. The van der Waals surface area contributed by atoms with Gasteiger partial charge in [-0.2, -0.15) is 0 Å². The van der Waals surface area contributed by atoms with Crippen molar-refractivity contribution in [1.82, 2.24) is 0 Å². The fourth-order valence-corrected chi connectivity index (χ4v) is 4.41. The molecule has 2 aromatic carbocycles. The van der Waals surface area contributed by atoms with Gasteiger partial charge in [-0.15, -0.1) is 0 Å². The van der Waals surface area contributed by atoms with Crippen LogP contribution in [0.4, 0.5) is 8.78 Å². The third-order valence-corrected chi connectivity index (χ3v) is 6.22. The lowest BCUT2D eigenvalue weighted by atomic mass is 9.73. The highest BCUT2D eigenvalue weighted by atomic mass is 19.2. The van der Waals surface area contributed by atoms with Crippen LogP contribution in [0.1, 0.15) is 70.3 Å². The van der Waals surface area contributed by atoms with Gasteiger partial charge in [-0.3, -0.25) is 0 Å². The molecule has 0 N–H and O–H groups in total. The predicted octanol–water partition coefficient (Wildman–Crippen LogP) is 7.73. The van der Waals surface area contributed by atoms with E-state index >= 15 is 0 Å². The van der Waals surface area contributed by atoms with E-state index in [2.05, 4.69) is 26.0 Å². The lowest BCUT2D eigenvalue weighted by Crippen LogP contribution is -2.19. The van der Waals surface area contributed by atoms with E-state index in [1.54, 1.807) is 6.07 Å². The van der Waals surface area contributed by atoms with Crippen molar-refractivity contribution in [2.45, 2.75) is 64.7 Å². The van der Waals surface area contributed by atoms with E-state index in [1.165, 1.54) is 62.6 Å². The van der Waals surface area contributed by atoms with Gasteiger partial charge in [0.25, 0.3) is 0 Å². The van der Waals surface area contributed by atoms with Crippen molar-refractivity contribution >= 4 is 0 Å². The van der Waals surface area contributed by atoms with Crippen molar-refractivity contribution in [2.24, 2.45) is 11.8 Å². The summed E-state index contributed by atoms with van der Waals surface area (Å²) < 4.78 is 26.5. The first-order valence-corrected chi connectivity index (χ1v) is 10.1. The van der Waals surface area contributed by atoms with E-state index < -0.39 is 11.6 Å². The van der Waals surface area contributed by atoms with Crippen LogP contribution in [0.15, 0.2) is 42.5 Å². The summed E-state index contributed by atoms with van der Waals surface area (Å²) >= 11 is 0. The molecular weight excluding hydrogens is 326 g/mol. The smallest absolute Gasteiger partial charge is 0.159 e. The Bertz CT molecular complexity index is 697. The van der Waals surface area contributed by atoms with Crippen molar-refractivity contribution in [3.05, 3.63) is 59.7 Å². The fraction of sp³-hybridized carbons (Fsp3) is 0.500. The molecular formula is C24H30F2. The zero-order valence-electron chi connectivity index (χ0n) is 16.0. The van der Waals surface area contributed by atoms with Crippen molar-refractivity contribution in [1.29, 1.82) is 0 Å². The van der Waals surface area contributed by atoms with Crippen LogP contribution in [0, 0.1) is 23.5 Å². The highest BCUT2D eigenvalue weighted by Crippen LogP contribution is 2.40. The average Bonchev–Trinajstić information content (AvgIpc) is 2.68. The number of unbranched alkanes of at least 4 members (excludes halogenated alkanes) is 1. The van der Waals surface area contributed by atoms with Gasteiger partial charge in [0.1, 0.15) is 0 Å². The molecule has 0 amide bonds. The van der Waals surface area contributed by atoms with Gasteiger partial charge in [0, 0.05) is 0 Å². The first-order chi connectivity index (χ1) is 12.6. The van der Waals surface area contributed by atoms with E-state index in [-0.39, 0.29) is 0 Å². The van der Waals surface area contributed by atoms with Crippen LogP contribution in [-0.4, -0.2) is 0 Å². The highest BCUT2D eigenvalue weighted by Gasteiger charge is 2.25. The van der Waals surface area contributed by atoms with E-state index in [1.807, 2.05) is 12.1 Å². The standard InChI is InChI=1S/C24H30F2/c1-3-4-5-17(2)18-6-8-19(9-7-18)20-10-12-21(13-11-20)22-14-15-23(25)24(26)16-22/h10-19H,3-9H2,1-2H3. The summed E-state index contributed by atoms with van der Waals surface area (Å²) in [7, 11) is 0. The number of hydrogen-bond acceptors (Lipinski definition) is 0. The third kappa shape index (κ3) is 4.52. The summed E-state index contributed by atoms with van der Waals surface area (Å²) in [5.74, 6) is 0.798. The van der Waals surface area contributed by atoms with Gasteiger partial charge in [-0.1, -0.05) is 63.4 Å². The van der Waals surface area contributed by atoms with Gasteiger partial charge in [-0.25, -0.2) is 8.78 Å². The Hall–Kier alpha value is -1.70. The Kier molecular flexibility index (Phi) is 6.45. The van der Waals surface area contributed by atoms with Gasteiger partial charge in [0.2, 0.25) is 0 Å². The maximum Gasteiger partial charge on any atom is 0.159 e. The van der Waals surface area contributed by atoms with Crippen LogP contribution in [0.5, 0.6) is 0 Å². The molecule has 2 aromatic rings. The monoisotopic (exact) mass is 356 g/mol. The molecule has 3 rings (SSSR count). The Morgan fingerprint density at radius 2 is 1.54 bits per heavy atom. The Balaban J connectivity index is 1.60. The van der Waals surface area contributed by atoms with Gasteiger partial charge < -0.3 is 0 Å². The zero-order valence-corrected chi connectivity index (χ0v) is 16.0. The Morgan fingerprint density at radius 3 is 2.15 bits per heavy atom. The van der Waals surface area contributed by atoms with Crippen LogP contribution in [-0.2, 0) is 0 Å². The molecule has 0 saturated heterocycles. The fourth-order valence-electron chi connectivity index (χ4n) is 4.41. The molecule has 0 heterocycles. The molecule has 26 heavy (non-hydrogen) atoms. The van der Waals surface area contributed by atoms with Gasteiger partial charge in [0.05, 0.1) is 0 Å². The van der Waals surface area contributed by atoms with Gasteiger partial charge in [-0.05, 0) is 72.3 Å². The first-order valence-electron chi connectivity index (χ1n) is 10.1. The molecule has 1 aliphatic rings. The van der Waals surface area contributed by atoms with Gasteiger partial charge >= 0.3 is 0 Å². The second-order valence-corrected chi connectivity index (χ2v) is 7.98. The molecule has 0 bridgehead atoms. The third-order valence-electron chi connectivity index (χ3n) is 6.22. The maximum atomic E-state index is 13.4. The molecule has 0 spiro atoms. The normalized spacial score (nSPS) is 21.5. The van der Waals surface area contributed by atoms with E-state index in [9.17, 15) is 8.78 Å². The van der Waals surface area contributed by atoms with Crippen molar-refractivity contribution in [3.8, 4) is 11.1 Å². The highest BCUT2D eigenvalue weighted by molar-refractivity contribution is 5.63. The average molecular weight is 357 g/mol. The van der Waals surface area contributed by atoms with Gasteiger partial charge in [0.15, 0.2) is 11.6 Å². The molecule has 1 atom stereocenters. The summed E-state index contributed by atoms with van der Waals surface area (Å²) in [6.45, 7) is 4.70. The molecule has 1 unspecified atom stereocenters. The molecule has 0 nitrogen and oxygen atoms in total. The van der Waals surface area contributed by atoms with Crippen LogP contribution in [0.2, 0.25) is 0 Å². The molecule has 2 heteroatoms. The predicted molar refractivity (Wildman–Crippen MR) is 105 cm³/mol. The SMILES string of the molecule is CCCCC(C)C1CCC(c2ccc(-c3ccc(F)c(F)c3)cc2)CC1. The molecule has 0 radical (unpaired) electrons. The lowest BCUT2D eigenvalue weighted by molar-refractivity contribution is 0.232. The molecule has 0 aromatic heterocycles. The van der Waals surface area contributed by atoms with Crippen LogP contribution in [0.3, 0.4) is 0 Å². The quantitative estimate of drug-likeness (QED) is 0.496. The van der Waals surface area contributed by atoms with Crippen LogP contribution in [0.25, 0.3) is 11.1 Å². The van der Waals surface area contributed by atoms with Crippen LogP contribution >= 0.6 is 0 Å². The molecule has 1 saturated carbocycles. The van der Waals surface area contributed by atoms with E-state index in [0.29, 0.717) is 5.92 Å². The van der Waals surface area contributed by atoms with Crippen molar-refractivity contribution in [3.63, 3.8) is 0 Å². The Morgan fingerprint density at radius 1 is 0.885 bits per heavy atom. The summed E-state index contributed by atoms with van der Waals surface area (Å²) in [6.07, 6.45) is 9.23. The van der Waals surface area contributed by atoms with E-state index in [4.69, 9.17) is 0 Å². The zero-order chi connectivity index (χ0) is 18.5. The minimum absolute atomic E-state index is 0.642. The molecule has 0 aliphatic heterocycles. The second-order valence-electron chi connectivity index (χ2n) is 7.98. The molecule has 1 aliphatic carbocycles. The van der Waals surface area contributed by atoms with Crippen molar-refractivity contribution in [2.75, 3.05) is 0 Å². The minimum Gasteiger partial charge on any atom is -0.204 e. The summed E-state index contributed by atoms with van der Waals surface area (Å²) in [5.41, 5.74) is 3.05. The Labute approximate surface area is 156 Å². The number of benzene rings is 2. The second kappa shape index (κ2) is 8.79. The van der Waals surface area contributed by atoms with Crippen LogP contribution < -0.4 is 0 Å². The maximum absolute atomic E-state index is 13.4.